The molecule has 1 unspecified atom stereocenters. The number of hydrogen-bond donors (Lipinski definition) is 2. The third-order valence-corrected chi connectivity index (χ3v) is 4.79. The van der Waals surface area contributed by atoms with E-state index in [1.807, 2.05) is 6.92 Å². The molecule has 0 saturated heterocycles. The molecular weight excluding hydrogens is 335 g/mol. The van der Waals surface area contributed by atoms with Crippen molar-refractivity contribution in [3.05, 3.63) is 28.5 Å². The molecule has 108 valence electrons. The molecule has 0 bridgehead atoms. The predicted octanol–water partition coefficient (Wildman–Crippen LogP) is 2.72. The second-order valence-corrected chi connectivity index (χ2v) is 7.30. The average molecular weight is 353 g/mol. The Hall–Kier alpha value is -0.660. The summed E-state index contributed by atoms with van der Waals surface area (Å²) >= 11 is 3.18. The molecule has 0 aliphatic heterocycles. The van der Waals surface area contributed by atoms with Gasteiger partial charge in [-0.15, -0.1) is 0 Å². The van der Waals surface area contributed by atoms with E-state index in [-0.39, 0.29) is 5.69 Å². The molecule has 0 fully saturated rings. The lowest BCUT2D eigenvalue weighted by Crippen LogP contribution is -2.35. The van der Waals surface area contributed by atoms with Crippen molar-refractivity contribution in [3.63, 3.8) is 0 Å². The van der Waals surface area contributed by atoms with Crippen LogP contribution in [-0.2, 0) is 10.0 Å². The second-order valence-electron chi connectivity index (χ2n) is 4.29. The maximum absolute atomic E-state index is 13.5. The minimum Gasteiger partial charge on any atom is -0.315 e. The monoisotopic (exact) mass is 352 g/mol. The Morgan fingerprint density at radius 1 is 1.42 bits per heavy atom. The summed E-state index contributed by atoms with van der Waals surface area (Å²) in [6.45, 7) is 4.67. The maximum atomic E-state index is 13.5. The lowest BCUT2D eigenvalue weighted by molar-refractivity contribution is 0.574. The Bertz CT molecular complexity index is 522. The Morgan fingerprint density at radius 3 is 2.74 bits per heavy atom. The van der Waals surface area contributed by atoms with E-state index in [0.717, 1.165) is 13.0 Å². The summed E-state index contributed by atoms with van der Waals surface area (Å²) in [6, 6.07) is 4.13. The zero-order chi connectivity index (χ0) is 14.5. The lowest BCUT2D eigenvalue weighted by Gasteiger charge is -2.15. The van der Waals surface area contributed by atoms with Gasteiger partial charge in [-0.2, -0.15) is 0 Å². The van der Waals surface area contributed by atoms with Crippen LogP contribution < -0.4 is 10.0 Å². The van der Waals surface area contributed by atoms with Crippen molar-refractivity contribution in [1.82, 2.24) is 5.32 Å². The highest BCUT2D eigenvalue weighted by Crippen LogP contribution is 2.21. The first-order valence-electron chi connectivity index (χ1n) is 6.04. The van der Waals surface area contributed by atoms with E-state index in [9.17, 15) is 12.8 Å². The molecule has 1 atom stereocenters. The minimum absolute atomic E-state index is 0.0447. The fourth-order valence-electron chi connectivity index (χ4n) is 1.42. The quantitative estimate of drug-likeness (QED) is 0.741. The zero-order valence-corrected chi connectivity index (χ0v) is 13.3. The van der Waals surface area contributed by atoms with Gasteiger partial charge >= 0.3 is 0 Å². The van der Waals surface area contributed by atoms with Crippen molar-refractivity contribution in [2.75, 3.05) is 17.8 Å². The van der Waals surface area contributed by atoms with Gasteiger partial charge in [0.15, 0.2) is 0 Å². The molecule has 0 amide bonds. The Balaban J connectivity index is 2.75. The molecule has 1 rings (SSSR count). The van der Waals surface area contributed by atoms with Crippen LogP contribution in [-0.4, -0.2) is 26.8 Å². The Morgan fingerprint density at radius 2 is 2.11 bits per heavy atom. The highest BCUT2D eigenvalue weighted by atomic mass is 79.9. The predicted molar refractivity (Wildman–Crippen MR) is 79.3 cm³/mol. The molecule has 19 heavy (non-hydrogen) atoms. The van der Waals surface area contributed by atoms with Crippen molar-refractivity contribution in [3.8, 4) is 0 Å². The van der Waals surface area contributed by atoms with E-state index in [1.54, 1.807) is 6.92 Å². The van der Waals surface area contributed by atoms with Crippen LogP contribution in [0.15, 0.2) is 22.7 Å². The van der Waals surface area contributed by atoms with Crippen LogP contribution in [0.4, 0.5) is 10.1 Å². The smallest absolute Gasteiger partial charge is 0.236 e. The van der Waals surface area contributed by atoms with Crippen LogP contribution in [0.1, 0.15) is 20.3 Å². The molecule has 0 aliphatic carbocycles. The molecule has 0 saturated carbocycles. The number of sulfonamides is 1. The van der Waals surface area contributed by atoms with E-state index < -0.39 is 21.1 Å². The standard InChI is InChI=1S/C12H18BrFN2O2S/c1-3-6-15-8-9(2)19(17,18)16-12-7-10(13)4-5-11(12)14/h4-5,7,9,15-16H,3,6,8H2,1-2H3. The van der Waals surface area contributed by atoms with E-state index in [4.69, 9.17) is 0 Å². The van der Waals surface area contributed by atoms with Gasteiger partial charge < -0.3 is 5.32 Å². The van der Waals surface area contributed by atoms with Gasteiger partial charge in [-0.25, -0.2) is 12.8 Å². The van der Waals surface area contributed by atoms with Crippen LogP contribution in [0.3, 0.4) is 0 Å². The number of anilines is 1. The molecule has 7 heteroatoms. The third-order valence-electron chi connectivity index (χ3n) is 2.57. The van der Waals surface area contributed by atoms with Crippen LogP contribution in [0.2, 0.25) is 0 Å². The van der Waals surface area contributed by atoms with Gasteiger partial charge in [0.05, 0.1) is 10.9 Å². The van der Waals surface area contributed by atoms with Gasteiger partial charge in [-0.3, -0.25) is 4.72 Å². The number of rotatable bonds is 7. The van der Waals surface area contributed by atoms with Gasteiger partial charge in [0.1, 0.15) is 5.82 Å². The Kier molecular flexibility index (Phi) is 6.22. The van der Waals surface area contributed by atoms with E-state index in [2.05, 4.69) is 26.0 Å². The fourth-order valence-corrected chi connectivity index (χ4v) is 2.78. The van der Waals surface area contributed by atoms with Gasteiger partial charge in [0.25, 0.3) is 0 Å². The average Bonchev–Trinajstić information content (AvgIpc) is 2.33. The molecule has 0 aromatic heterocycles. The summed E-state index contributed by atoms with van der Waals surface area (Å²) < 4.78 is 40.5. The van der Waals surface area contributed by atoms with Crippen LogP contribution in [0.25, 0.3) is 0 Å². The van der Waals surface area contributed by atoms with Gasteiger partial charge in [0, 0.05) is 11.0 Å². The number of hydrogen-bond acceptors (Lipinski definition) is 3. The molecule has 4 nitrogen and oxygen atoms in total. The molecule has 2 N–H and O–H groups in total. The van der Waals surface area contributed by atoms with Gasteiger partial charge in [-0.05, 0) is 38.1 Å². The first-order chi connectivity index (χ1) is 8.86. The zero-order valence-electron chi connectivity index (χ0n) is 10.9. The van der Waals surface area contributed by atoms with E-state index in [0.29, 0.717) is 11.0 Å². The molecular formula is C12H18BrFN2O2S. The van der Waals surface area contributed by atoms with Crippen LogP contribution in [0, 0.1) is 5.82 Å². The fraction of sp³-hybridized carbons (Fsp3) is 0.500. The first-order valence-corrected chi connectivity index (χ1v) is 8.38. The molecule has 1 aromatic rings. The normalized spacial score (nSPS) is 13.3. The summed E-state index contributed by atoms with van der Waals surface area (Å²) in [6.07, 6.45) is 0.931. The SMILES string of the molecule is CCCNCC(C)S(=O)(=O)Nc1cc(Br)ccc1F. The molecule has 1 aromatic carbocycles. The lowest BCUT2D eigenvalue weighted by atomic mass is 10.3. The third kappa shape index (κ3) is 5.08. The summed E-state index contributed by atoms with van der Waals surface area (Å²) in [7, 11) is -3.61. The van der Waals surface area contributed by atoms with Gasteiger partial charge in [-0.1, -0.05) is 22.9 Å². The van der Waals surface area contributed by atoms with Crippen molar-refractivity contribution < 1.29 is 12.8 Å². The first kappa shape index (κ1) is 16.4. The highest BCUT2D eigenvalue weighted by molar-refractivity contribution is 9.10. The number of halogens is 2. The van der Waals surface area contributed by atoms with Crippen molar-refractivity contribution >= 4 is 31.6 Å². The van der Waals surface area contributed by atoms with Crippen molar-refractivity contribution in [2.45, 2.75) is 25.5 Å². The number of nitrogens with one attached hydrogen (secondary N) is 2. The summed E-state index contributed by atoms with van der Waals surface area (Å²) in [5.74, 6) is -0.597. The molecule has 0 aliphatic rings. The molecule has 0 spiro atoms. The topological polar surface area (TPSA) is 58.2 Å². The van der Waals surface area contributed by atoms with Crippen molar-refractivity contribution in [2.24, 2.45) is 0 Å². The largest absolute Gasteiger partial charge is 0.315 e. The Labute approximate surface area is 122 Å². The highest BCUT2D eigenvalue weighted by Gasteiger charge is 2.21. The maximum Gasteiger partial charge on any atom is 0.236 e. The van der Waals surface area contributed by atoms with E-state index >= 15 is 0 Å². The summed E-state index contributed by atoms with van der Waals surface area (Å²) in [5.41, 5.74) is -0.0447. The summed E-state index contributed by atoms with van der Waals surface area (Å²) in [5, 5.41) is 2.39. The minimum atomic E-state index is -3.61. The van der Waals surface area contributed by atoms with Gasteiger partial charge in [0.2, 0.25) is 10.0 Å². The van der Waals surface area contributed by atoms with Crippen LogP contribution in [0.5, 0.6) is 0 Å². The number of benzene rings is 1. The van der Waals surface area contributed by atoms with Crippen LogP contribution >= 0.6 is 15.9 Å². The van der Waals surface area contributed by atoms with Crippen molar-refractivity contribution in [1.29, 1.82) is 0 Å². The van der Waals surface area contributed by atoms with E-state index in [1.165, 1.54) is 18.2 Å². The second kappa shape index (κ2) is 7.21. The molecule has 0 radical (unpaired) electrons. The molecule has 0 heterocycles. The summed E-state index contributed by atoms with van der Waals surface area (Å²) in [4.78, 5) is 0.